The molecule has 0 saturated heterocycles. The summed E-state index contributed by atoms with van der Waals surface area (Å²) >= 11 is 3.40. The largest absolute Gasteiger partial charge is 0.398 e. The van der Waals surface area contributed by atoms with Crippen LogP contribution in [0.25, 0.3) is 11.8 Å². The first-order valence-electron chi connectivity index (χ1n) is 3.98. The number of rotatable bonds is 3. The van der Waals surface area contributed by atoms with Gasteiger partial charge in [-0.3, -0.25) is 5.84 Å². The van der Waals surface area contributed by atoms with Gasteiger partial charge in [-0.25, -0.2) is 0 Å². The molecule has 0 unspecified atom stereocenters. The summed E-state index contributed by atoms with van der Waals surface area (Å²) in [6.07, 6.45) is 1.71. The molecule has 74 valence electrons. The second kappa shape index (κ2) is 4.30. The Hall–Kier alpha value is -1.26. The zero-order valence-corrected chi connectivity index (χ0v) is 9.26. The molecular formula is C10H12BrN3. The number of nitrogens with one attached hydrogen (secondary N) is 1. The minimum atomic E-state index is 0.568. The van der Waals surface area contributed by atoms with Crippen LogP contribution in [0.5, 0.6) is 0 Å². The molecule has 1 aromatic rings. The van der Waals surface area contributed by atoms with Gasteiger partial charge in [-0.05, 0) is 17.7 Å². The van der Waals surface area contributed by atoms with E-state index in [1.165, 1.54) is 0 Å². The van der Waals surface area contributed by atoms with Crippen molar-refractivity contribution in [1.29, 1.82) is 0 Å². The van der Waals surface area contributed by atoms with Crippen LogP contribution < -0.4 is 17.0 Å². The average molecular weight is 254 g/mol. The smallest absolute Gasteiger partial charge is 0.0512 e. The maximum absolute atomic E-state index is 5.82. The molecule has 0 aliphatic heterocycles. The van der Waals surface area contributed by atoms with Crippen molar-refractivity contribution in [2.75, 3.05) is 5.73 Å². The fraction of sp³-hybridized carbons (Fsp3) is 0. The Bertz CT molecular complexity index is 385. The van der Waals surface area contributed by atoms with Gasteiger partial charge in [-0.1, -0.05) is 35.2 Å². The van der Waals surface area contributed by atoms with Gasteiger partial charge in [0.1, 0.15) is 0 Å². The van der Waals surface area contributed by atoms with Crippen molar-refractivity contribution in [3.63, 3.8) is 0 Å². The predicted octanol–water partition coefficient (Wildman–Crippen LogP) is 2.11. The highest BCUT2D eigenvalue weighted by atomic mass is 79.9. The Kier molecular flexibility index (Phi) is 3.33. The highest BCUT2D eigenvalue weighted by Gasteiger charge is 2.09. The fourth-order valence-electron chi connectivity index (χ4n) is 1.22. The number of anilines is 1. The Labute approximate surface area is 91.6 Å². The molecule has 4 heteroatoms. The summed E-state index contributed by atoms with van der Waals surface area (Å²) in [6, 6.07) is 3.65. The molecule has 0 amide bonds. The van der Waals surface area contributed by atoms with Crippen LogP contribution in [0.2, 0.25) is 0 Å². The quantitative estimate of drug-likeness (QED) is 0.439. The normalized spacial score (nSPS) is 9.57. The Morgan fingerprint density at radius 1 is 1.50 bits per heavy atom. The molecular weight excluding hydrogens is 242 g/mol. The van der Waals surface area contributed by atoms with Crippen molar-refractivity contribution < 1.29 is 0 Å². The molecule has 0 aliphatic rings. The number of nitrogens with two attached hydrogens (primary N) is 2. The lowest BCUT2D eigenvalue weighted by Crippen LogP contribution is -2.20. The van der Waals surface area contributed by atoms with Gasteiger partial charge in [0, 0.05) is 15.7 Å². The van der Waals surface area contributed by atoms with Crippen LogP contribution in [0.3, 0.4) is 0 Å². The van der Waals surface area contributed by atoms with Crippen LogP contribution in [-0.2, 0) is 0 Å². The summed E-state index contributed by atoms with van der Waals surface area (Å²) in [5.74, 6) is 5.29. The van der Waals surface area contributed by atoms with E-state index in [0.29, 0.717) is 11.4 Å². The maximum atomic E-state index is 5.82. The van der Waals surface area contributed by atoms with Crippen LogP contribution in [0.1, 0.15) is 11.1 Å². The first-order chi connectivity index (χ1) is 6.61. The van der Waals surface area contributed by atoms with Gasteiger partial charge in [0.15, 0.2) is 0 Å². The predicted molar refractivity (Wildman–Crippen MR) is 65.0 cm³/mol. The summed E-state index contributed by atoms with van der Waals surface area (Å²) in [6.45, 7) is 7.48. The van der Waals surface area contributed by atoms with Crippen LogP contribution in [0, 0.1) is 0 Å². The number of benzene rings is 1. The van der Waals surface area contributed by atoms with Crippen molar-refractivity contribution in [3.05, 3.63) is 40.9 Å². The molecule has 0 bridgehead atoms. The minimum absolute atomic E-state index is 0.568. The molecule has 1 aromatic carbocycles. The molecule has 0 fully saturated rings. The van der Waals surface area contributed by atoms with E-state index < -0.39 is 0 Å². The summed E-state index contributed by atoms with van der Waals surface area (Å²) in [7, 11) is 0. The topological polar surface area (TPSA) is 64.1 Å². The molecule has 0 spiro atoms. The standard InChI is InChI=1S/C10H12BrN3/c1-3-7-8(11)4-5-9(12)10(7)6(2)14-13/h3-5,14H,1-2,12-13H2. The number of hydrogen-bond donors (Lipinski definition) is 3. The van der Waals surface area contributed by atoms with Gasteiger partial charge in [-0.15, -0.1) is 0 Å². The van der Waals surface area contributed by atoms with Gasteiger partial charge < -0.3 is 11.2 Å². The van der Waals surface area contributed by atoms with Crippen molar-refractivity contribution in [3.8, 4) is 0 Å². The summed E-state index contributed by atoms with van der Waals surface area (Å²) < 4.78 is 0.910. The average Bonchev–Trinajstić information content (AvgIpc) is 2.19. The fourth-order valence-corrected chi connectivity index (χ4v) is 1.71. The van der Waals surface area contributed by atoms with Crippen LogP contribution in [0.15, 0.2) is 29.8 Å². The Morgan fingerprint density at radius 2 is 2.14 bits per heavy atom. The third kappa shape index (κ3) is 1.81. The Morgan fingerprint density at radius 3 is 2.64 bits per heavy atom. The molecule has 0 heterocycles. The van der Waals surface area contributed by atoms with E-state index in [-0.39, 0.29) is 0 Å². The molecule has 5 N–H and O–H groups in total. The second-order valence-corrected chi connectivity index (χ2v) is 3.61. The van der Waals surface area contributed by atoms with E-state index in [9.17, 15) is 0 Å². The monoisotopic (exact) mass is 253 g/mol. The van der Waals surface area contributed by atoms with E-state index in [4.69, 9.17) is 11.6 Å². The molecule has 1 rings (SSSR count). The lowest BCUT2D eigenvalue weighted by molar-refractivity contribution is 0.995. The zero-order valence-electron chi connectivity index (χ0n) is 7.68. The van der Waals surface area contributed by atoms with E-state index in [1.807, 2.05) is 6.07 Å². The Balaban J connectivity index is 3.44. The van der Waals surface area contributed by atoms with Gasteiger partial charge in [-0.2, -0.15) is 0 Å². The minimum Gasteiger partial charge on any atom is -0.398 e. The van der Waals surface area contributed by atoms with Crippen LogP contribution in [-0.4, -0.2) is 0 Å². The highest BCUT2D eigenvalue weighted by molar-refractivity contribution is 9.10. The van der Waals surface area contributed by atoms with Crippen molar-refractivity contribution in [2.45, 2.75) is 0 Å². The van der Waals surface area contributed by atoms with Gasteiger partial charge in [0.05, 0.1) is 5.70 Å². The van der Waals surface area contributed by atoms with E-state index in [1.54, 1.807) is 12.1 Å². The molecule has 0 aromatic heterocycles. The van der Waals surface area contributed by atoms with Crippen molar-refractivity contribution >= 4 is 33.4 Å². The van der Waals surface area contributed by atoms with Crippen LogP contribution in [0.4, 0.5) is 5.69 Å². The van der Waals surface area contributed by atoms with E-state index in [2.05, 4.69) is 34.5 Å². The zero-order chi connectivity index (χ0) is 10.7. The first kappa shape index (κ1) is 10.8. The van der Waals surface area contributed by atoms with E-state index >= 15 is 0 Å². The molecule has 0 saturated carbocycles. The number of hydrogen-bond acceptors (Lipinski definition) is 3. The SMILES string of the molecule is C=Cc1c(Br)ccc(N)c1C(=C)NN. The van der Waals surface area contributed by atoms with Gasteiger partial charge in [0.2, 0.25) is 0 Å². The van der Waals surface area contributed by atoms with Gasteiger partial charge in [0.25, 0.3) is 0 Å². The third-order valence-electron chi connectivity index (χ3n) is 1.90. The summed E-state index contributed by atoms with van der Waals surface area (Å²) in [4.78, 5) is 0. The summed E-state index contributed by atoms with van der Waals surface area (Å²) in [5.41, 5.74) is 11.1. The molecule has 0 atom stereocenters. The molecule has 0 radical (unpaired) electrons. The van der Waals surface area contributed by atoms with Crippen molar-refractivity contribution in [2.24, 2.45) is 5.84 Å². The number of nitrogen functional groups attached to an aromatic ring is 1. The van der Waals surface area contributed by atoms with E-state index in [0.717, 1.165) is 15.6 Å². The first-order valence-corrected chi connectivity index (χ1v) is 4.77. The lowest BCUT2D eigenvalue weighted by atomic mass is 10.0. The molecule has 0 aliphatic carbocycles. The maximum Gasteiger partial charge on any atom is 0.0512 e. The second-order valence-electron chi connectivity index (χ2n) is 2.75. The molecule has 3 nitrogen and oxygen atoms in total. The third-order valence-corrected chi connectivity index (χ3v) is 2.60. The van der Waals surface area contributed by atoms with Crippen LogP contribution >= 0.6 is 15.9 Å². The lowest BCUT2D eigenvalue weighted by Gasteiger charge is -2.13. The number of hydrazine groups is 1. The molecule has 14 heavy (non-hydrogen) atoms. The van der Waals surface area contributed by atoms with Gasteiger partial charge >= 0.3 is 0 Å². The highest BCUT2D eigenvalue weighted by Crippen LogP contribution is 2.30. The summed E-state index contributed by atoms with van der Waals surface area (Å²) in [5, 5.41) is 0. The number of halogens is 1. The van der Waals surface area contributed by atoms with Crippen molar-refractivity contribution in [1.82, 2.24) is 5.43 Å².